The van der Waals surface area contributed by atoms with E-state index in [4.69, 9.17) is 0 Å². The van der Waals surface area contributed by atoms with E-state index in [0.717, 1.165) is 64.2 Å². The first kappa shape index (κ1) is 44.8. The Balaban J connectivity index is 3.86. The molecule has 0 radical (unpaired) electrons. The fraction of sp³-hybridized carbons (Fsp3) is 0.872. The van der Waals surface area contributed by atoms with Gasteiger partial charge in [0.1, 0.15) is 0 Å². The molecule has 0 spiro atoms. The number of aliphatic hydroxyl groups excluding tert-OH is 1. The molecule has 0 aromatic rings. The van der Waals surface area contributed by atoms with E-state index in [-0.39, 0.29) is 12.3 Å². The molecular weight excluding hydrogens is 594 g/mol. The summed E-state index contributed by atoms with van der Waals surface area (Å²) in [6.45, 7) is 4.45. The van der Waals surface area contributed by atoms with Crippen LogP contribution < -0.4 is 5.32 Å². The van der Waals surface area contributed by atoms with Gasteiger partial charge >= 0.3 is 0 Å². The van der Waals surface area contributed by atoms with E-state index in [1.165, 1.54) is 116 Å². The van der Waals surface area contributed by atoms with Gasteiger partial charge in [-0.2, -0.15) is 8.42 Å². The Morgan fingerprint density at radius 2 is 0.957 bits per heavy atom. The van der Waals surface area contributed by atoms with Gasteiger partial charge in [0.25, 0.3) is 10.1 Å². The highest BCUT2D eigenvalue weighted by molar-refractivity contribution is 7.85. The Bertz CT molecular complexity index is 826. The first-order valence-corrected chi connectivity index (χ1v) is 21.1. The molecule has 0 bridgehead atoms. The van der Waals surface area contributed by atoms with Gasteiger partial charge in [-0.3, -0.25) is 9.35 Å². The van der Waals surface area contributed by atoms with Crippen LogP contribution in [0.15, 0.2) is 24.3 Å². The molecular formula is C39H75NO5S. The van der Waals surface area contributed by atoms with E-state index in [1.807, 2.05) is 6.08 Å². The third-order valence-corrected chi connectivity index (χ3v) is 9.63. The van der Waals surface area contributed by atoms with Crippen LogP contribution in [0, 0.1) is 0 Å². The van der Waals surface area contributed by atoms with Crippen LogP contribution in [-0.4, -0.2) is 41.9 Å². The molecule has 0 aliphatic heterocycles. The summed E-state index contributed by atoms with van der Waals surface area (Å²) in [6.07, 6.45) is 41.8. The van der Waals surface area contributed by atoms with Crippen molar-refractivity contribution in [1.29, 1.82) is 0 Å². The van der Waals surface area contributed by atoms with E-state index in [0.29, 0.717) is 0 Å². The quantitative estimate of drug-likeness (QED) is 0.0354. The number of allylic oxidation sites excluding steroid dienone is 3. The molecule has 0 heterocycles. The number of hydrogen-bond acceptors (Lipinski definition) is 4. The standard InChI is InChI=1S/C39H75NO5S/c1-3-5-7-9-11-13-15-16-17-18-19-20-21-22-23-24-25-26-28-30-32-34-38(41)37(36-46(43,44)45)40-39(42)35-33-31-29-27-14-12-10-8-6-4-2/h8,10,32,34,37-38,41H,3-7,9,11-31,33,35-36H2,1-2H3,(H,40,42)(H,43,44,45)/b10-8-,34-32+. The summed E-state index contributed by atoms with van der Waals surface area (Å²) in [7, 11) is -4.34. The monoisotopic (exact) mass is 670 g/mol. The fourth-order valence-corrected chi connectivity index (χ4v) is 6.66. The van der Waals surface area contributed by atoms with E-state index in [1.54, 1.807) is 6.08 Å². The van der Waals surface area contributed by atoms with Crippen molar-refractivity contribution in [2.75, 3.05) is 5.75 Å². The van der Waals surface area contributed by atoms with Gasteiger partial charge in [-0.25, -0.2) is 0 Å². The van der Waals surface area contributed by atoms with Crippen molar-refractivity contribution >= 4 is 16.0 Å². The van der Waals surface area contributed by atoms with Gasteiger partial charge in [-0.1, -0.05) is 179 Å². The number of unbranched alkanes of at least 4 members (excludes halogenated alkanes) is 25. The zero-order valence-electron chi connectivity index (χ0n) is 30.2. The van der Waals surface area contributed by atoms with Crippen molar-refractivity contribution in [2.45, 2.75) is 212 Å². The Labute approximate surface area is 285 Å². The first-order chi connectivity index (χ1) is 22.3. The third kappa shape index (κ3) is 34.2. The van der Waals surface area contributed by atoms with Crippen LogP contribution in [0.2, 0.25) is 0 Å². The van der Waals surface area contributed by atoms with Crippen LogP contribution in [-0.2, 0) is 14.9 Å². The molecule has 0 aromatic carbocycles. The lowest BCUT2D eigenvalue weighted by Crippen LogP contribution is -2.46. The van der Waals surface area contributed by atoms with Gasteiger partial charge in [0.2, 0.25) is 5.91 Å². The molecule has 6 nitrogen and oxygen atoms in total. The third-order valence-electron chi connectivity index (χ3n) is 8.85. The van der Waals surface area contributed by atoms with Gasteiger partial charge in [0.05, 0.1) is 17.9 Å². The normalized spacial score (nSPS) is 13.6. The first-order valence-electron chi connectivity index (χ1n) is 19.5. The van der Waals surface area contributed by atoms with Gasteiger partial charge in [-0.05, 0) is 38.5 Å². The molecule has 0 fully saturated rings. The van der Waals surface area contributed by atoms with Crippen molar-refractivity contribution in [3.8, 4) is 0 Å². The molecule has 0 aliphatic rings. The second-order valence-corrected chi connectivity index (χ2v) is 15.1. The number of nitrogens with one attached hydrogen (secondary N) is 1. The molecule has 46 heavy (non-hydrogen) atoms. The van der Waals surface area contributed by atoms with Crippen molar-refractivity contribution < 1.29 is 22.9 Å². The molecule has 1 amide bonds. The van der Waals surface area contributed by atoms with Crippen LogP contribution in [0.5, 0.6) is 0 Å². The highest BCUT2D eigenvalue weighted by atomic mass is 32.2. The Hall–Kier alpha value is -1.18. The van der Waals surface area contributed by atoms with Crippen molar-refractivity contribution in [3.63, 3.8) is 0 Å². The molecule has 0 saturated carbocycles. The predicted octanol–water partition coefficient (Wildman–Crippen LogP) is 11.2. The zero-order valence-corrected chi connectivity index (χ0v) is 31.0. The molecule has 0 aromatic heterocycles. The lowest BCUT2D eigenvalue weighted by atomic mass is 10.0. The molecule has 0 saturated heterocycles. The van der Waals surface area contributed by atoms with Gasteiger partial charge < -0.3 is 10.4 Å². The average molecular weight is 670 g/mol. The van der Waals surface area contributed by atoms with E-state index >= 15 is 0 Å². The topological polar surface area (TPSA) is 104 Å². The average Bonchev–Trinajstić information content (AvgIpc) is 3.01. The van der Waals surface area contributed by atoms with E-state index in [9.17, 15) is 22.9 Å². The number of carbonyl (C=O) groups excluding carboxylic acids is 1. The van der Waals surface area contributed by atoms with Crippen molar-refractivity contribution in [2.24, 2.45) is 0 Å². The predicted molar refractivity (Wildman–Crippen MR) is 198 cm³/mol. The highest BCUT2D eigenvalue weighted by Crippen LogP contribution is 2.15. The lowest BCUT2D eigenvalue weighted by Gasteiger charge is -2.21. The zero-order chi connectivity index (χ0) is 34.0. The Morgan fingerprint density at radius 1 is 0.565 bits per heavy atom. The minimum absolute atomic E-state index is 0.286. The Morgan fingerprint density at radius 3 is 1.39 bits per heavy atom. The molecule has 2 unspecified atom stereocenters. The maximum atomic E-state index is 12.4. The summed E-state index contributed by atoms with van der Waals surface area (Å²) in [5, 5.41) is 13.2. The number of carbonyl (C=O) groups is 1. The second-order valence-electron chi connectivity index (χ2n) is 13.6. The number of hydrogen-bond donors (Lipinski definition) is 3. The van der Waals surface area contributed by atoms with Crippen LogP contribution in [0.25, 0.3) is 0 Å². The summed E-state index contributed by atoms with van der Waals surface area (Å²) in [6, 6.07) is -1.06. The molecule has 0 rings (SSSR count). The second kappa shape index (κ2) is 33.7. The van der Waals surface area contributed by atoms with Crippen molar-refractivity contribution in [3.05, 3.63) is 24.3 Å². The molecule has 272 valence electrons. The molecule has 7 heteroatoms. The van der Waals surface area contributed by atoms with Crippen LogP contribution in [0.1, 0.15) is 200 Å². The van der Waals surface area contributed by atoms with Crippen LogP contribution in [0.4, 0.5) is 0 Å². The van der Waals surface area contributed by atoms with Crippen LogP contribution >= 0.6 is 0 Å². The minimum atomic E-state index is -4.34. The minimum Gasteiger partial charge on any atom is -0.387 e. The van der Waals surface area contributed by atoms with E-state index < -0.39 is 28.0 Å². The number of aliphatic hydroxyl groups is 1. The highest BCUT2D eigenvalue weighted by Gasteiger charge is 2.24. The fourth-order valence-electron chi connectivity index (χ4n) is 5.92. The SMILES string of the molecule is CCC/C=C\CCCCCCCC(=O)NC(CS(=O)(=O)O)C(O)/C=C/CCCCCCCCCCCCCCCCCCCCC. The summed E-state index contributed by atoms with van der Waals surface area (Å²) >= 11 is 0. The summed E-state index contributed by atoms with van der Waals surface area (Å²) in [5.41, 5.74) is 0. The summed E-state index contributed by atoms with van der Waals surface area (Å²) < 4.78 is 32.3. The van der Waals surface area contributed by atoms with Gasteiger partial charge in [0, 0.05) is 6.42 Å². The largest absolute Gasteiger partial charge is 0.387 e. The van der Waals surface area contributed by atoms with Crippen LogP contribution in [0.3, 0.4) is 0 Å². The lowest BCUT2D eigenvalue weighted by molar-refractivity contribution is -0.122. The van der Waals surface area contributed by atoms with Crippen molar-refractivity contribution in [1.82, 2.24) is 5.32 Å². The van der Waals surface area contributed by atoms with E-state index in [2.05, 4.69) is 31.3 Å². The summed E-state index contributed by atoms with van der Waals surface area (Å²) in [5.74, 6) is -0.989. The smallest absolute Gasteiger partial charge is 0.267 e. The number of rotatable bonds is 35. The maximum Gasteiger partial charge on any atom is 0.267 e. The van der Waals surface area contributed by atoms with Gasteiger partial charge in [-0.15, -0.1) is 0 Å². The Kier molecular flexibility index (Phi) is 32.8. The maximum absolute atomic E-state index is 12.4. The number of amides is 1. The molecule has 2 atom stereocenters. The molecule has 3 N–H and O–H groups in total. The summed E-state index contributed by atoms with van der Waals surface area (Å²) in [4.78, 5) is 12.4. The van der Waals surface area contributed by atoms with Gasteiger partial charge in [0.15, 0.2) is 0 Å². The molecule has 0 aliphatic carbocycles.